The first-order valence-corrected chi connectivity index (χ1v) is 30.9. The monoisotopic (exact) mass is 1200 g/mol. The molecule has 0 N–H and O–H groups in total. The SMILES string of the molecule is Brc1cc(Oc2cccc(-c3ccccc3)c2)cc(N(c2cc(N(c3cccc(-c4ccccc4)c3)c3c(-c4ccccc4)cccc3-c3ccccc3)cc(-n3c4ccccc4c4ccccc43)c2)c2c(-c3ccccc3)cccc2-c2ccccc2)c1. The van der Waals surface area contributed by atoms with E-state index in [1.165, 1.54) is 10.8 Å². The molecule has 0 aliphatic heterocycles. The highest BCUT2D eigenvalue weighted by atomic mass is 79.9. The van der Waals surface area contributed by atoms with Gasteiger partial charge in [0.25, 0.3) is 0 Å². The van der Waals surface area contributed by atoms with Gasteiger partial charge in [0.2, 0.25) is 0 Å². The van der Waals surface area contributed by atoms with Gasteiger partial charge >= 0.3 is 0 Å². The largest absolute Gasteiger partial charge is 0.457 e. The smallest absolute Gasteiger partial charge is 0.130 e. The fourth-order valence-electron chi connectivity index (χ4n) is 12.7. The molecule has 15 aromatic rings. The molecule has 0 amide bonds. The summed E-state index contributed by atoms with van der Waals surface area (Å²) < 4.78 is 10.4. The van der Waals surface area contributed by atoms with Gasteiger partial charge in [-0.3, -0.25) is 0 Å². The van der Waals surface area contributed by atoms with Gasteiger partial charge in [-0.2, -0.15) is 0 Å². The lowest BCUT2D eigenvalue weighted by Gasteiger charge is -2.34. The van der Waals surface area contributed by atoms with Crippen molar-refractivity contribution < 1.29 is 4.74 Å². The zero-order valence-corrected chi connectivity index (χ0v) is 50.2. The lowest BCUT2D eigenvalue weighted by molar-refractivity contribution is 0.483. The molecule has 4 nitrogen and oxygen atoms in total. The van der Waals surface area contributed by atoms with Crippen LogP contribution in [0.3, 0.4) is 0 Å². The molecule has 0 aliphatic carbocycles. The number of rotatable bonds is 15. The van der Waals surface area contributed by atoms with Gasteiger partial charge in [-0.15, -0.1) is 0 Å². The van der Waals surface area contributed by atoms with Gasteiger partial charge < -0.3 is 19.1 Å². The molecule has 0 fully saturated rings. The second-order valence-electron chi connectivity index (χ2n) is 22.2. The number of anilines is 6. The second kappa shape index (κ2) is 24.3. The van der Waals surface area contributed by atoms with Crippen molar-refractivity contribution in [3.05, 3.63) is 356 Å². The number of hydrogen-bond donors (Lipinski definition) is 0. The Morgan fingerprint density at radius 3 is 1.07 bits per heavy atom. The first-order valence-electron chi connectivity index (χ1n) is 30.1. The molecule has 0 bridgehead atoms. The van der Waals surface area contributed by atoms with E-state index >= 15 is 0 Å². The maximum absolute atomic E-state index is 7.06. The van der Waals surface area contributed by atoms with Crippen LogP contribution < -0.4 is 14.5 Å². The Balaban J connectivity index is 1.08. The van der Waals surface area contributed by atoms with Crippen molar-refractivity contribution in [2.24, 2.45) is 0 Å². The molecular weight excluding hydrogens is 1150 g/mol. The molecule has 0 aliphatic rings. The first kappa shape index (κ1) is 54.4. The normalized spacial score (nSPS) is 11.2. The van der Waals surface area contributed by atoms with Gasteiger partial charge in [0.1, 0.15) is 11.5 Å². The van der Waals surface area contributed by atoms with E-state index in [1.807, 2.05) is 12.1 Å². The van der Waals surface area contributed by atoms with Crippen LogP contribution in [0.4, 0.5) is 34.1 Å². The summed E-state index contributed by atoms with van der Waals surface area (Å²) in [5.41, 5.74) is 22.0. The minimum atomic E-state index is 0.672. The molecule has 0 saturated carbocycles. The Hall–Kier alpha value is -11.2. The van der Waals surface area contributed by atoms with Crippen molar-refractivity contribution in [1.82, 2.24) is 4.57 Å². The Kier molecular flexibility index (Phi) is 14.8. The van der Waals surface area contributed by atoms with Crippen molar-refractivity contribution in [2.45, 2.75) is 0 Å². The van der Waals surface area contributed by atoms with Crippen molar-refractivity contribution >= 4 is 71.9 Å². The highest BCUT2D eigenvalue weighted by Gasteiger charge is 2.29. The lowest BCUT2D eigenvalue weighted by atomic mass is 9.93. The standard InChI is InChI=1S/C84H58BrN3O/c85-67-53-69(58-74(54-67)89-73-42-24-40-66(52-73)60-29-9-2-10-30-60)87(84-77(63-35-15-5-16-36-63)47-26-48-78(84)64-37-17-6-18-38-64)71-55-70(56-72(57-71)88-81-49-21-19-43-79(81)80-44-20-22-50-82(80)88)86(68-41-23-39-65(51-68)59-27-7-1-8-28-59)83-75(61-31-11-3-12-32-61)45-25-46-76(83)62-33-13-4-14-34-62/h1-58H. The van der Waals surface area contributed by atoms with Crippen LogP contribution in [-0.4, -0.2) is 4.57 Å². The molecule has 5 heteroatoms. The highest BCUT2D eigenvalue weighted by Crippen LogP contribution is 2.53. The number of ether oxygens (including phenoxy) is 1. The predicted molar refractivity (Wildman–Crippen MR) is 377 cm³/mol. The number of para-hydroxylation sites is 4. The zero-order chi connectivity index (χ0) is 59.5. The molecule has 0 unspecified atom stereocenters. The van der Waals surface area contributed by atoms with Crippen LogP contribution in [0, 0.1) is 0 Å². The van der Waals surface area contributed by atoms with E-state index in [-0.39, 0.29) is 0 Å². The maximum atomic E-state index is 7.06. The number of benzene rings is 14. The quantitative estimate of drug-likeness (QED) is 0.102. The molecule has 0 saturated heterocycles. The van der Waals surface area contributed by atoms with E-state index in [9.17, 15) is 0 Å². The maximum Gasteiger partial charge on any atom is 0.130 e. The number of fused-ring (bicyclic) bond motifs is 3. The van der Waals surface area contributed by atoms with Crippen LogP contribution in [0.25, 0.3) is 94.3 Å². The summed E-state index contributed by atoms with van der Waals surface area (Å²) in [5, 5.41) is 2.34. The minimum absolute atomic E-state index is 0.672. The third-order valence-corrected chi connectivity index (χ3v) is 17.1. The molecule has 0 spiro atoms. The van der Waals surface area contributed by atoms with Gasteiger partial charge in [-0.1, -0.05) is 295 Å². The van der Waals surface area contributed by atoms with Crippen LogP contribution in [-0.2, 0) is 0 Å². The second-order valence-corrected chi connectivity index (χ2v) is 23.1. The molecular formula is C84H58BrN3O. The summed E-state index contributed by atoms with van der Waals surface area (Å²) in [4.78, 5) is 4.97. The molecule has 0 radical (unpaired) electrons. The molecule has 422 valence electrons. The molecule has 15 rings (SSSR count). The fraction of sp³-hybridized carbons (Fsp3) is 0. The van der Waals surface area contributed by atoms with Gasteiger partial charge in [-0.05, 0) is 111 Å². The average Bonchev–Trinajstić information content (AvgIpc) is 2.02. The zero-order valence-electron chi connectivity index (χ0n) is 48.6. The number of halogens is 1. The van der Waals surface area contributed by atoms with Crippen LogP contribution in [0.15, 0.2) is 356 Å². The van der Waals surface area contributed by atoms with E-state index in [1.54, 1.807) is 0 Å². The molecule has 0 atom stereocenters. The highest BCUT2D eigenvalue weighted by molar-refractivity contribution is 9.10. The van der Waals surface area contributed by atoms with Crippen molar-refractivity contribution in [3.63, 3.8) is 0 Å². The van der Waals surface area contributed by atoms with E-state index in [0.717, 1.165) is 128 Å². The Bertz CT molecular complexity index is 4830. The van der Waals surface area contributed by atoms with E-state index in [0.29, 0.717) is 5.75 Å². The van der Waals surface area contributed by atoms with Gasteiger partial charge in [0.15, 0.2) is 0 Å². The number of nitrogens with zero attached hydrogens (tertiary/aromatic N) is 3. The summed E-state index contributed by atoms with van der Waals surface area (Å²) >= 11 is 4.08. The fourth-order valence-corrected chi connectivity index (χ4v) is 13.1. The minimum Gasteiger partial charge on any atom is -0.457 e. The Labute approximate surface area is 527 Å². The van der Waals surface area contributed by atoms with E-state index in [4.69, 9.17) is 4.74 Å². The summed E-state index contributed by atoms with van der Waals surface area (Å²) in [5.74, 6) is 1.40. The van der Waals surface area contributed by atoms with E-state index < -0.39 is 0 Å². The van der Waals surface area contributed by atoms with Crippen LogP contribution in [0.2, 0.25) is 0 Å². The van der Waals surface area contributed by atoms with Gasteiger partial charge in [0.05, 0.1) is 45.2 Å². The summed E-state index contributed by atoms with van der Waals surface area (Å²) in [6, 6.07) is 126. The molecule has 1 aromatic heterocycles. The predicted octanol–water partition coefficient (Wildman–Crippen LogP) is 24.3. The summed E-state index contributed by atoms with van der Waals surface area (Å²) in [6.45, 7) is 0. The van der Waals surface area contributed by atoms with Crippen LogP contribution in [0.5, 0.6) is 11.5 Å². The molecule has 14 aromatic carbocycles. The average molecular weight is 1210 g/mol. The number of aromatic nitrogens is 1. The topological polar surface area (TPSA) is 20.6 Å². The summed E-state index contributed by atoms with van der Waals surface area (Å²) in [6.07, 6.45) is 0. The van der Waals surface area contributed by atoms with Crippen molar-refractivity contribution in [3.8, 4) is 83.9 Å². The third kappa shape index (κ3) is 10.9. The summed E-state index contributed by atoms with van der Waals surface area (Å²) in [7, 11) is 0. The van der Waals surface area contributed by atoms with Gasteiger partial charge in [-0.25, -0.2) is 0 Å². The Morgan fingerprint density at radius 1 is 0.247 bits per heavy atom. The molecule has 1 heterocycles. The van der Waals surface area contributed by atoms with Crippen molar-refractivity contribution in [1.29, 1.82) is 0 Å². The third-order valence-electron chi connectivity index (χ3n) is 16.6. The Morgan fingerprint density at radius 2 is 0.607 bits per heavy atom. The van der Waals surface area contributed by atoms with Crippen LogP contribution in [0.1, 0.15) is 0 Å². The first-order chi connectivity index (χ1) is 44.1. The van der Waals surface area contributed by atoms with E-state index in [2.05, 4.69) is 370 Å². The van der Waals surface area contributed by atoms with Gasteiger partial charge in [0, 0.05) is 49.3 Å². The van der Waals surface area contributed by atoms with Crippen molar-refractivity contribution in [2.75, 3.05) is 9.80 Å². The molecule has 89 heavy (non-hydrogen) atoms. The van der Waals surface area contributed by atoms with Crippen LogP contribution >= 0.6 is 15.9 Å². The number of hydrogen-bond acceptors (Lipinski definition) is 3. The lowest BCUT2D eigenvalue weighted by Crippen LogP contribution is -2.17.